The summed E-state index contributed by atoms with van der Waals surface area (Å²) in [6, 6.07) is 6.61. The molecule has 0 atom stereocenters. The zero-order valence-corrected chi connectivity index (χ0v) is 9.98. The van der Waals surface area contributed by atoms with Gasteiger partial charge in [-0.15, -0.1) is 0 Å². The Morgan fingerprint density at radius 1 is 1.33 bits per heavy atom. The summed E-state index contributed by atoms with van der Waals surface area (Å²) >= 11 is 0. The van der Waals surface area contributed by atoms with Gasteiger partial charge in [0.05, 0.1) is 0 Å². The molecule has 1 aromatic carbocycles. The van der Waals surface area contributed by atoms with Gasteiger partial charge < -0.3 is 21.3 Å². The van der Waals surface area contributed by atoms with Gasteiger partial charge in [0.1, 0.15) is 6.54 Å². The minimum absolute atomic E-state index is 0.0980. The van der Waals surface area contributed by atoms with E-state index in [0.717, 1.165) is 6.42 Å². The number of hydrogen-bond acceptors (Lipinski definition) is 3. The maximum Gasteiger partial charge on any atom is 0.322 e. The third kappa shape index (κ3) is 3.13. The maximum atomic E-state index is 12.0. The van der Waals surface area contributed by atoms with Crippen molar-refractivity contribution >= 4 is 23.3 Å². The number of hydrogen-bond donors (Lipinski definition) is 3. The van der Waals surface area contributed by atoms with E-state index < -0.39 is 0 Å². The fourth-order valence-electron chi connectivity index (χ4n) is 1.75. The smallest absolute Gasteiger partial charge is 0.322 e. The molecule has 96 valence electrons. The highest BCUT2D eigenvalue weighted by atomic mass is 16.2. The Morgan fingerprint density at radius 3 is 2.78 bits per heavy atom. The predicted octanol–water partition coefficient (Wildman–Crippen LogP) is 0.623. The standard InChI is InChI=1S/C12H16N4O2/c13-9-2-4-10(5-3-9)15-12(18)16-7-1-6-14-11(17)8-16/h2-5H,1,6-8,13H2,(H,14,17)(H,15,18). The second-order valence-corrected chi connectivity index (χ2v) is 4.18. The molecule has 4 N–H and O–H groups in total. The van der Waals surface area contributed by atoms with Crippen molar-refractivity contribution in [2.24, 2.45) is 0 Å². The summed E-state index contributed by atoms with van der Waals surface area (Å²) in [4.78, 5) is 24.8. The Labute approximate surface area is 105 Å². The van der Waals surface area contributed by atoms with Crippen molar-refractivity contribution in [3.8, 4) is 0 Å². The summed E-state index contributed by atoms with van der Waals surface area (Å²) in [5.41, 5.74) is 6.87. The van der Waals surface area contributed by atoms with Crippen LogP contribution in [0.1, 0.15) is 6.42 Å². The molecular weight excluding hydrogens is 232 g/mol. The average Bonchev–Trinajstić information content (AvgIpc) is 2.57. The number of anilines is 2. The SMILES string of the molecule is Nc1ccc(NC(=O)N2CCCNC(=O)C2)cc1. The molecular formula is C12H16N4O2. The Balaban J connectivity index is 1.98. The lowest BCUT2D eigenvalue weighted by Crippen LogP contribution is -2.39. The molecule has 18 heavy (non-hydrogen) atoms. The van der Waals surface area contributed by atoms with E-state index in [9.17, 15) is 9.59 Å². The number of rotatable bonds is 1. The molecule has 0 unspecified atom stereocenters. The normalized spacial score (nSPS) is 15.8. The molecule has 0 aliphatic carbocycles. The quantitative estimate of drug-likeness (QED) is 0.637. The van der Waals surface area contributed by atoms with Crippen LogP contribution in [0.2, 0.25) is 0 Å². The second kappa shape index (κ2) is 5.39. The molecule has 1 aliphatic rings. The van der Waals surface area contributed by atoms with Gasteiger partial charge in [0.25, 0.3) is 0 Å². The fourth-order valence-corrected chi connectivity index (χ4v) is 1.75. The topological polar surface area (TPSA) is 87.5 Å². The minimum atomic E-state index is -0.267. The first kappa shape index (κ1) is 12.2. The Kier molecular flexibility index (Phi) is 3.66. The number of nitrogens with one attached hydrogen (secondary N) is 2. The number of amides is 3. The number of nitrogens with two attached hydrogens (primary N) is 1. The van der Waals surface area contributed by atoms with Crippen LogP contribution in [0, 0.1) is 0 Å². The summed E-state index contributed by atoms with van der Waals surface area (Å²) < 4.78 is 0. The molecule has 1 heterocycles. The van der Waals surface area contributed by atoms with Crippen LogP contribution < -0.4 is 16.4 Å². The molecule has 0 radical (unpaired) electrons. The molecule has 1 aromatic rings. The number of nitrogen functional groups attached to an aromatic ring is 1. The fraction of sp³-hybridized carbons (Fsp3) is 0.333. The van der Waals surface area contributed by atoms with Crippen molar-refractivity contribution < 1.29 is 9.59 Å². The van der Waals surface area contributed by atoms with E-state index in [1.165, 1.54) is 4.90 Å². The molecule has 1 saturated heterocycles. The molecule has 0 saturated carbocycles. The van der Waals surface area contributed by atoms with Crippen molar-refractivity contribution in [1.82, 2.24) is 10.2 Å². The van der Waals surface area contributed by atoms with E-state index in [-0.39, 0.29) is 18.5 Å². The van der Waals surface area contributed by atoms with Crippen molar-refractivity contribution in [2.75, 3.05) is 30.7 Å². The molecule has 3 amide bonds. The van der Waals surface area contributed by atoms with Crippen LogP contribution in [0.15, 0.2) is 24.3 Å². The second-order valence-electron chi connectivity index (χ2n) is 4.18. The van der Waals surface area contributed by atoms with Gasteiger partial charge in [-0.1, -0.05) is 0 Å². The summed E-state index contributed by atoms with van der Waals surface area (Å²) in [7, 11) is 0. The summed E-state index contributed by atoms with van der Waals surface area (Å²) in [6.45, 7) is 1.28. The van der Waals surface area contributed by atoms with Crippen molar-refractivity contribution in [3.05, 3.63) is 24.3 Å². The molecule has 6 nitrogen and oxygen atoms in total. The van der Waals surface area contributed by atoms with Crippen LogP contribution in [-0.2, 0) is 4.79 Å². The Morgan fingerprint density at radius 2 is 2.06 bits per heavy atom. The van der Waals surface area contributed by atoms with E-state index in [1.54, 1.807) is 24.3 Å². The van der Waals surface area contributed by atoms with Crippen LogP contribution in [-0.4, -0.2) is 36.5 Å². The number of carbonyl (C=O) groups excluding carboxylic acids is 2. The van der Waals surface area contributed by atoms with Gasteiger partial charge in [0.2, 0.25) is 5.91 Å². The third-order valence-electron chi connectivity index (χ3n) is 2.71. The van der Waals surface area contributed by atoms with E-state index >= 15 is 0 Å². The predicted molar refractivity (Wildman–Crippen MR) is 69.1 cm³/mol. The number of urea groups is 1. The first-order valence-electron chi connectivity index (χ1n) is 5.83. The highest BCUT2D eigenvalue weighted by Crippen LogP contribution is 2.11. The van der Waals surface area contributed by atoms with Gasteiger partial charge in [-0.25, -0.2) is 4.79 Å². The minimum Gasteiger partial charge on any atom is -0.399 e. The number of carbonyl (C=O) groups is 2. The largest absolute Gasteiger partial charge is 0.399 e. The van der Waals surface area contributed by atoms with Gasteiger partial charge in [-0.3, -0.25) is 4.79 Å². The summed E-state index contributed by atoms with van der Waals surface area (Å²) in [6.07, 6.45) is 0.765. The summed E-state index contributed by atoms with van der Waals surface area (Å²) in [5.74, 6) is -0.125. The third-order valence-corrected chi connectivity index (χ3v) is 2.71. The van der Waals surface area contributed by atoms with E-state index in [0.29, 0.717) is 24.5 Å². The van der Waals surface area contributed by atoms with Crippen LogP contribution in [0.3, 0.4) is 0 Å². The van der Waals surface area contributed by atoms with Gasteiger partial charge in [0, 0.05) is 24.5 Å². The molecule has 1 fully saturated rings. The maximum absolute atomic E-state index is 12.0. The van der Waals surface area contributed by atoms with Crippen LogP contribution in [0.5, 0.6) is 0 Å². The van der Waals surface area contributed by atoms with Crippen LogP contribution in [0.25, 0.3) is 0 Å². The lowest BCUT2D eigenvalue weighted by molar-refractivity contribution is -0.120. The lowest BCUT2D eigenvalue weighted by Gasteiger charge is -2.19. The van der Waals surface area contributed by atoms with Crippen LogP contribution in [0.4, 0.5) is 16.2 Å². The van der Waals surface area contributed by atoms with Crippen molar-refractivity contribution in [3.63, 3.8) is 0 Å². The molecule has 6 heteroatoms. The first-order chi connectivity index (χ1) is 8.65. The monoisotopic (exact) mass is 248 g/mol. The van der Waals surface area contributed by atoms with E-state index in [2.05, 4.69) is 10.6 Å². The molecule has 2 rings (SSSR count). The molecule has 0 spiro atoms. The first-order valence-corrected chi connectivity index (χ1v) is 5.83. The average molecular weight is 248 g/mol. The number of nitrogens with zero attached hydrogens (tertiary/aromatic N) is 1. The molecule has 1 aliphatic heterocycles. The Bertz CT molecular complexity index is 444. The van der Waals surface area contributed by atoms with E-state index in [4.69, 9.17) is 5.73 Å². The zero-order chi connectivity index (χ0) is 13.0. The highest BCUT2D eigenvalue weighted by molar-refractivity contribution is 5.92. The highest BCUT2D eigenvalue weighted by Gasteiger charge is 2.19. The van der Waals surface area contributed by atoms with E-state index in [1.807, 2.05) is 0 Å². The van der Waals surface area contributed by atoms with Gasteiger partial charge in [-0.05, 0) is 30.7 Å². The Hall–Kier alpha value is -2.24. The van der Waals surface area contributed by atoms with Crippen LogP contribution >= 0.6 is 0 Å². The van der Waals surface area contributed by atoms with Gasteiger partial charge in [-0.2, -0.15) is 0 Å². The van der Waals surface area contributed by atoms with Crippen molar-refractivity contribution in [2.45, 2.75) is 6.42 Å². The summed E-state index contributed by atoms with van der Waals surface area (Å²) in [5, 5.41) is 5.46. The molecule has 0 aromatic heterocycles. The van der Waals surface area contributed by atoms with Gasteiger partial charge in [0.15, 0.2) is 0 Å². The lowest BCUT2D eigenvalue weighted by atomic mass is 10.3. The van der Waals surface area contributed by atoms with Gasteiger partial charge >= 0.3 is 6.03 Å². The zero-order valence-electron chi connectivity index (χ0n) is 9.98. The molecule has 0 bridgehead atoms. The van der Waals surface area contributed by atoms with Crippen molar-refractivity contribution in [1.29, 1.82) is 0 Å². The number of benzene rings is 1.